The normalized spacial score (nSPS) is 19.5. The van der Waals surface area contributed by atoms with E-state index in [1.165, 1.54) is 24.1 Å². The van der Waals surface area contributed by atoms with Crippen LogP contribution in [0.5, 0.6) is 5.75 Å². The lowest BCUT2D eigenvalue weighted by atomic mass is 9.99. The topological polar surface area (TPSA) is 24.5 Å². The third-order valence-corrected chi connectivity index (χ3v) is 3.82. The highest BCUT2D eigenvalue weighted by Gasteiger charge is 2.19. The van der Waals surface area contributed by atoms with E-state index >= 15 is 0 Å². The van der Waals surface area contributed by atoms with E-state index in [1.54, 1.807) is 7.11 Å². The van der Waals surface area contributed by atoms with E-state index in [-0.39, 0.29) is 0 Å². The van der Waals surface area contributed by atoms with Crippen molar-refractivity contribution in [1.82, 2.24) is 5.32 Å². The number of methoxy groups -OCH3 is 1. The van der Waals surface area contributed by atoms with Crippen molar-refractivity contribution in [3.05, 3.63) is 23.8 Å². The lowest BCUT2D eigenvalue weighted by Gasteiger charge is -2.33. The third-order valence-electron chi connectivity index (χ3n) is 3.82. The number of ether oxygens (including phenoxy) is 1. The number of piperidine rings is 1. The van der Waals surface area contributed by atoms with E-state index < -0.39 is 0 Å². The summed E-state index contributed by atoms with van der Waals surface area (Å²) in [7, 11) is 1.77. The Balaban J connectivity index is 2.15. The second-order valence-electron chi connectivity index (χ2n) is 5.48. The highest BCUT2D eigenvalue weighted by atomic mass is 16.5. The fourth-order valence-electron chi connectivity index (χ4n) is 2.77. The van der Waals surface area contributed by atoms with Crippen molar-refractivity contribution in [2.75, 3.05) is 31.6 Å². The fourth-order valence-corrected chi connectivity index (χ4v) is 2.77. The zero-order valence-electron chi connectivity index (χ0n) is 12.4. The van der Waals surface area contributed by atoms with Crippen molar-refractivity contribution in [2.24, 2.45) is 5.92 Å². The second kappa shape index (κ2) is 6.80. The van der Waals surface area contributed by atoms with Crippen LogP contribution in [0.3, 0.4) is 0 Å². The van der Waals surface area contributed by atoms with E-state index in [0.717, 1.165) is 37.8 Å². The first-order valence-electron chi connectivity index (χ1n) is 7.37. The molecule has 0 amide bonds. The Bertz CT molecular complexity index is 406. The van der Waals surface area contributed by atoms with Gasteiger partial charge < -0.3 is 15.0 Å². The zero-order chi connectivity index (χ0) is 13.7. The van der Waals surface area contributed by atoms with Gasteiger partial charge in [0.2, 0.25) is 0 Å². The molecule has 3 heteroatoms. The van der Waals surface area contributed by atoms with E-state index in [4.69, 9.17) is 4.74 Å². The third kappa shape index (κ3) is 3.63. The molecule has 106 valence electrons. The van der Waals surface area contributed by atoms with Crippen LogP contribution in [0.2, 0.25) is 0 Å². The maximum absolute atomic E-state index is 5.58. The molecule has 1 aromatic carbocycles. The van der Waals surface area contributed by atoms with Gasteiger partial charge in [-0.3, -0.25) is 0 Å². The van der Waals surface area contributed by atoms with Crippen LogP contribution in [0.25, 0.3) is 0 Å². The summed E-state index contributed by atoms with van der Waals surface area (Å²) in [5, 5.41) is 3.35. The van der Waals surface area contributed by atoms with Gasteiger partial charge in [0.1, 0.15) is 5.75 Å². The van der Waals surface area contributed by atoms with Crippen molar-refractivity contribution >= 4 is 5.69 Å². The predicted octanol–water partition coefficient (Wildman–Crippen LogP) is 3.04. The number of benzene rings is 1. The summed E-state index contributed by atoms with van der Waals surface area (Å²) in [6, 6.07) is 6.58. The standard InChI is InChI=1S/C16H26N2O/c1-4-17-11-14-7-8-15(16(10-14)19-3)18-9-5-6-13(2)12-18/h7-8,10,13,17H,4-6,9,11-12H2,1-3H3. The van der Waals surface area contributed by atoms with Crippen molar-refractivity contribution in [3.63, 3.8) is 0 Å². The van der Waals surface area contributed by atoms with Gasteiger partial charge in [-0.2, -0.15) is 0 Å². The Morgan fingerprint density at radius 3 is 2.95 bits per heavy atom. The Labute approximate surface area is 116 Å². The van der Waals surface area contributed by atoms with Gasteiger partial charge in [0.15, 0.2) is 0 Å². The average Bonchev–Trinajstić information content (AvgIpc) is 2.44. The maximum atomic E-state index is 5.58. The molecule has 0 saturated carbocycles. The smallest absolute Gasteiger partial charge is 0.142 e. The highest BCUT2D eigenvalue weighted by Crippen LogP contribution is 2.32. The highest BCUT2D eigenvalue weighted by molar-refractivity contribution is 5.60. The molecule has 1 aliphatic rings. The molecule has 0 bridgehead atoms. The van der Waals surface area contributed by atoms with Crippen LogP contribution < -0.4 is 15.0 Å². The first kappa shape index (κ1) is 14.2. The first-order chi connectivity index (χ1) is 9.24. The molecule has 19 heavy (non-hydrogen) atoms. The van der Waals surface area contributed by atoms with Gasteiger partial charge in [-0.1, -0.05) is 19.9 Å². The van der Waals surface area contributed by atoms with Crippen LogP contribution in [-0.4, -0.2) is 26.7 Å². The minimum Gasteiger partial charge on any atom is -0.495 e. The number of nitrogens with one attached hydrogen (secondary N) is 1. The molecular weight excluding hydrogens is 236 g/mol. The molecular formula is C16H26N2O. The van der Waals surface area contributed by atoms with Crippen LogP contribution >= 0.6 is 0 Å². The van der Waals surface area contributed by atoms with Crippen molar-refractivity contribution < 1.29 is 4.74 Å². The van der Waals surface area contributed by atoms with E-state index in [9.17, 15) is 0 Å². The fraction of sp³-hybridized carbons (Fsp3) is 0.625. The van der Waals surface area contributed by atoms with E-state index in [1.807, 2.05) is 0 Å². The van der Waals surface area contributed by atoms with Crippen molar-refractivity contribution in [2.45, 2.75) is 33.2 Å². The van der Waals surface area contributed by atoms with Crippen LogP contribution in [0.15, 0.2) is 18.2 Å². The van der Waals surface area contributed by atoms with Crippen LogP contribution in [0.4, 0.5) is 5.69 Å². The van der Waals surface area contributed by atoms with Gasteiger partial charge in [0.05, 0.1) is 12.8 Å². The SMILES string of the molecule is CCNCc1ccc(N2CCCC(C)C2)c(OC)c1. The molecule has 1 fully saturated rings. The van der Waals surface area contributed by atoms with Crippen LogP contribution in [0.1, 0.15) is 32.3 Å². The van der Waals surface area contributed by atoms with Crippen molar-refractivity contribution in [3.8, 4) is 5.75 Å². The number of nitrogens with zero attached hydrogens (tertiary/aromatic N) is 1. The van der Waals surface area contributed by atoms with Gasteiger partial charge in [-0.15, -0.1) is 0 Å². The molecule has 1 aliphatic heterocycles. The molecule has 1 heterocycles. The summed E-state index contributed by atoms with van der Waals surface area (Å²) in [4.78, 5) is 2.46. The molecule has 1 saturated heterocycles. The molecule has 2 rings (SSSR count). The molecule has 3 nitrogen and oxygen atoms in total. The minimum atomic E-state index is 0.778. The summed E-state index contributed by atoms with van der Waals surface area (Å²) < 4.78 is 5.58. The van der Waals surface area contributed by atoms with Crippen molar-refractivity contribution in [1.29, 1.82) is 0 Å². The number of hydrogen-bond donors (Lipinski definition) is 1. The zero-order valence-corrected chi connectivity index (χ0v) is 12.4. The largest absolute Gasteiger partial charge is 0.495 e. The van der Waals surface area contributed by atoms with Gasteiger partial charge in [-0.05, 0) is 43.0 Å². The molecule has 0 spiro atoms. The van der Waals surface area contributed by atoms with Crippen LogP contribution in [0, 0.1) is 5.92 Å². The first-order valence-corrected chi connectivity index (χ1v) is 7.37. The Hall–Kier alpha value is -1.22. The molecule has 0 radical (unpaired) electrons. The monoisotopic (exact) mass is 262 g/mol. The number of anilines is 1. The molecule has 1 aromatic rings. The number of hydrogen-bond acceptors (Lipinski definition) is 3. The molecule has 0 aliphatic carbocycles. The van der Waals surface area contributed by atoms with E-state index in [2.05, 4.69) is 42.3 Å². The van der Waals surface area contributed by atoms with E-state index in [0.29, 0.717) is 0 Å². The second-order valence-corrected chi connectivity index (χ2v) is 5.48. The summed E-state index contributed by atoms with van der Waals surface area (Å²) in [6.07, 6.45) is 2.63. The average molecular weight is 262 g/mol. The van der Waals surface area contributed by atoms with Gasteiger partial charge in [-0.25, -0.2) is 0 Å². The molecule has 1 atom stereocenters. The minimum absolute atomic E-state index is 0.778. The number of rotatable bonds is 5. The summed E-state index contributed by atoms with van der Waals surface area (Å²) in [6.45, 7) is 8.65. The lowest BCUT2D eigenvalue weighted by Crippen LogP contribution is -2.34. The summed E-state index contributed by atoms with van der Waals surface area (Å²) in [5.41, 5.74) is 2.53. The quantitative estimate of drug-likeness (QED) is 0.882. The lowest BCUT2D eigenvalue weighted by molar-refractivity contribution is 0.404. The summed E-state index contributed by atoms with van der Waals surface area (Å²) in [5.74, 6) is 1.78. The Kier molecular flexibility index (Phi) is 5.08. The summed E-state index contributed by atoms with van der Waals surface area (Å²) >= 11 is 0. The van der Waals surface area contributed by atoms with Gasteiger partial charge in [0, 0.05) is 19.6 Å². The van der Waals surface area contributed by atoms with Crippen LogP contribution in [-0.2, 0) is 6.54 Å². The molecule has 1 unspecified atom stereocenters. The molecule has 0 aromatic heterocycles. The van der Waals surface area contributed by atoms with Gasteiger partial charge in [0.25, 0.3) is 0 Å². The predicted molar refractivity (Wildman–Crippen MR) is 81.0 cm³/mol. The van der Waals surface area contributed by atoms with Gasteiger partial charge >= 0.3 is 0 Å². The maximum Gasteiger partial charge on any atom is 0.142 e. The Morgan fingerprint density at radius 2 is 2.26 bits per heavy atom. The Morgan fingerprint density at radius 1 is 1.42 bits per heavy atom. The molecule has 1 N–H and O–H groups in total.